The average Bonchev–Trinajstić information content (AvgIpc) is 3.29. The molecule has 0 saturated carbocycles. The molecule has 0 unspecified atom stereocenters. The number of amides is 1. The summed E-state index contributed by atoms with van der Waals surface area (Å²) in [7, 11) is 0. The van der Waals surface area contributed by atoms with Gasteiger partial charge in [-0.2, -0.15) is 5.10 Å². The number of rotatable bonds is 9. The second-order valence-corrected chi connectivity index (χ2v) is 8.32. The summed E-state index contributed by atoms with van der Waals surface area (Å²) in [5.74, 6) is 0.706. The quantitative estimate of drug-likeness (QED) is 0.557. The first-order valence-corrected chi connectivity index (χ1v) is 11.5. The van der Waals surface area contributed by atoms with E-state index in [2.05, 4.69) is 40.6 Å². The van der Waals surface area contributed by atoms with Crippen molar-refractivity contribution in [3.05, 3.63) is 83.7 Å². The van der Waals surface area contributed by atoms with Gasteiger partial charge in [-0.1, -0.05) is 36.4 Å². The van der Waals surface area contributed by atoms with Gasteiger partial charge >= 0.3 is 0 Å². The molecule has 32 heavy (non-hydrogen) atoms. The van der Waals surface area contributed by atoms with Crippen molar-refractivity contribution < 1.29 is 9.53 Å². The molecule has 1 aliphatic rings. The number of piperidine rings is 1. The van der Waals surface area contributed by atoms with Crippen molar-refractivity contribution in [2.75, 3.05) is 19.6 Å². The minimum Gasteiger partial charge on any atom is -0.490 e. The molecular weight excluding hydrogens is 400 g/mol. The van der Waals surface area contributed by atoms with E-state index in [4.69, 9.17) is 4.74 Å². The van der Waals surface area contributed by atoms with E-state index in [1.807, 2.05) is 53.3 Å². The Hall–Kier alpha value is -3.12. The number of ether oxygens (including phenoxy) is 1. The van der Waals surface area contributed by atoms with Crippen LogP contribution in [0.3, 0.4) is 0 Å². The summed E-state index contributed by atoms with van der Waals surface area (Å²) in [4.78, 5) is 15.0. The van der Waals surface area contributed by atoms with Crippen LogP contribution in [0.1, 0.15) is 41.3 Å². The third kappa shape index (κ3) is 6.20. The normalized spacial score (nSPS) is 14.9. The predicted molar refractivity (Wildman–Crippen MR) is 126 cm³/mol. The molecule has 168 valence electrons. The molecule has 6 heteroatoms. The van der Waals surface area contributed by atoms with Crippen molar-refractivity contribution in [2.24, 2.45) is 0 Å². The molecule has 0 bridgehead atoms. The maximum atomic E-state index is 12.5. The maximum absolute atomic E-state index is 12.5. The summed E-state index contributed by atoms with van der Waals surface area (Å²) in [6.07, 6.45) is 7.05. The van der Waals surface area contributed by atoms with Crippen molar-refractivity contribution in [3.8, 4) is 5.75 Å². The molecule has 1 amide bonds. The number of carbonyl (C=O) groups excluding carboxylic acids is 1. The highest BCUT2D eigenvalue weighted by Crippen LogP contribution is 2.21. The summed E-state index contributed by atoms with van der Waals surface area (Å²) in [5, 5.41) is 7.37. The van der Waals surface area contributed by atoms with Crippen LogP contribution in [0.15, 0.2) is 67.0 Å². The molecule has 4 rings (SSSR count). The fraction of sp³-hybridized carbons (Fsp3) is 0.385. The molecular formula is C26H32N4O2. The number of benzene rings is 2. The molecule has 0 atom stereocenters. The standard InChI is InChI=1S/C26H32N4O2/c1-2-30-20-22(18-28-30)19-29-15-12-24(13-16-29)32-25-10-6-9-23(17-25)26(31)27-14-11-21-7-4-3-5-8-21/h3-10,17-18,20,24H,2,11-16,19H2,1H3,(H,27,31). The van der Waals surface area contributed by atoms with Gasteiger partial charge in [0, 0.05) is 50.0 Å². The van der Waals surface area contributed by atoms with E-state index in [1.165, 1.54) is 11.1 Å². The SMILES string of the molecule is CCn1cc(CN2CCC(Oc3cccc(C(=O)NCCc4ccccc4)c3)CC2)cn1. The second-order valence-electron chi connectivity index (χ2n) is 8.32. The topological polar surface area (TPSA) is 59.4 Å². The first-order chi connectivity index (χ1) is 15.7. The van der Waals surface area contributed by atoms with Gasteiger partial charge in [0.25, 0.3) is 5.91 Å². The van der Waals surface area contributed by atoms with Gasteiger partial charge in [0.05, 0.1) is 6.20 Å². The molecule has 0 aliphatic carbocycles. The summed E-state index contributed by atoms with van der Waals surface area (Å²) in [5.41, 5.74) is 3.12. The predicted octanol–water partition coefficient (Wildman–Crippen LogP) is 3.92. The van der Waals surface area contributed by atoms with Crippen LogP contribution in [0.2, 0.25) is 0 Å². The van der Waals surface area contributed by atoms with E-state index in [0.29, 0.717) is 12.1 Å². The fourth-order valence-electron chi connectivity index (χ4n) is 4.07. The molecule has 0 radical (unpaired) electrons. The number of hydrogen-bond donors (Lipinski definition) is 1. The summed E-state index contributed by atoms with van der Waals surface area (Å²) >= 11 is 0. The summed E-state index contributed by atoms with van der Waals surface area (Å²) in [6, 6.07) is 17.7. The molecule has 1 fully saturated rings. The Kier molecular flexibility index (Phi) is 7.56. The van der Waals surface area contributed by atoms with Crippen molar-refractivity contribution in [1.29, 1.82) is 0 Å². The number of carbonyl (C=O) groups is 1. The Bertz CT molecular complexity index is 994. The number of nitrogens with zero attached hydrogens (tertiary/aromatic N) is 3. The molecule has 1 saturated heterocycles. The molecule has 6 nitrogen and oxygen atoms in total. The lowest BCUT2D eigenvalue weighted by Crippen LogP contribution is -2.37. The largest absolute Gasteiger partial charge is 0.490 e. The molecule has 0 spiro atoms. The van der Waals surface area contributed by atoms with Gasteiger partial charge in [-0.25, -0.2) is 0 Å². The Balaban J connectivity index is 1.22. The molecule has 2 aromatic carbocycles. The van der Waals surface area contributed by atoms with Crippen LogP contribution < -0.4 is 10.1 Å². The van der Waals surface area contributed by atoms with E-state index >= 15 is 0 Å². The van der Waals surface area contributed by atoms with Crippen LogP contribution in [0.4, 0.5) is 0 Å². The van der Waals surface area contributed by atoms with Crippen LogP contribution in [0, 0.1) is 0 Å². The van der Waals surface area contributed by atoms with Gasteiger partial charge in [0.15, 0.2) is 0 Å². The van der Waals surface area contributed by atoms with Crippen LogP contribution in [0.5, 0.6) is 5.75 Å². The highest BCUT2D eigenvalue weighted by Gasteiger charge is 2.21. The van der Waals surface area contributed by atoms with Gasteiger partial charge in [-0.3, -0.25) is 14.4 Å². The lowest BCUT2D eigenvalue weighted by atomic mass is 10.1. The lowest BCUT2D eigenvalue weighted by molar-refractivity contribution is 0.0937. The second kappa shape index (κ2) is 11.0. The van der Waals surface area contributed by atoms with Crippen LogP contribution >= 0.6 is 0 Å². The van der Waals surface area contributed by atoms with Crippen LogP contribution in [-0.4, -0.2) is 46.3 Å². The van der Waals surface area contributed by atoms with E-state index < -0.39 is 0 Å². The van der Waals surface area contributed by atoms with Crippen LogP contribution in [-0.2, 0) is 19.5 Å². The van der Waals surface area contributed by atoms with Gasteiger partial charge in [-0.05, 0) is 49.9 Å². The Morgan fingerprint density at radius 3 is 2.66 bits per heavy atom. The van der Waals surface area contributed by atoms with Gasteiger partial charge in [0.2, 0.25) is 0 Å². The minimum atomic E-state index is -0.0613. The molecule has 1 aromatic heterocycles. The highest BCUT2D eigenvalue weighted by atomic mass is 16.5. The van der Waals surface area contributed by atoms with Crippen molar-refractivity contribution in [1.82, 2.24) is 20.0 Å². The molecule has 1 N–H and O–H groups in total. The first-order valence-electron chi connectivity index (χ1n) is 11.5. The Labute approximate surface area is 190 Å². The monoisotopic (exact) mass is 432 g/mol. The zero-order valence-corrected chi connectivity index (χ0v) is 18.7. The van der Waals surface area contributed by atoms with Crippen LogP contribution in [0.25, 0.3) is 0 Å². The zero-order chi connectivity index (χ0) is 22.2. The molecule has 2 heterocycles. The molecule has 1 aliphatic heterocycles. The number of aryl methyl sites for hydroxylation is 1. The van der Waals surface area contributed by atoms with E-state index in [1.54, 1.807) is 0 Å². The third-order valence-electron chi connectivity index (χ3n) is 5.89. The maximum Gasteiger partial charge on any atom is 0.251 e. The highest BCUT2D eigenvalue weighted by molar-refractivity contribution is 5.94. The van der Waals surface area contributed by atoms with Gasteiger partial charge < -0.3 is 10.1 Å². The smallest absolute Gasteiger partial charge is 0.251 e. The van der Waals surface area contributed by atoms with Crippen molar-refractivity contribution in [2.45, 2.75) is 45.4 Å². The number of aromatic nitrogens is 2. The first kappa shape index (κ1) is 22.1. The van der Waals surface area contributed by atoms with Gasteiger partial charge in [-0.15, -0.1) is 0 Å². The van der Waals surface area contributed by atoms with Crippen molar-refractivity contribution >= 4 is 5.91 Å². The summed E-state index contributed by atoms with van der Waals surface area (Å²) in [6.45, 7) is 6.56. The summed E-state index contributed by atoms with van der Waals surface area (Å²) < 4.78 is 8.19. The van der Waals surface area contributed by atoms with E-state index in [9.17, 15) is 4.79 Å². The van der Waals surface area contributed by atoms with Crippen molar-refractivity contribution in [3.63, 3.8) is 0 Å². The van der Waals surface area contributed by atoms with E-state index in [-0.39, 0.29) is 12.0 Å². The number of hydrogen-bond acceptors (Lipinski definition) is 4. The zero-order valence-electron chi connectivity index (χ0n) is 18.7. The Morgan fingerprint density at radius 1 is 1.09 bits per heavy atom. The number of likely N-dealkylation sites (tertiary alicyclic amines) is 1. The van der Waals surface area contributed by atoms with Gasteiger partial charge in [0.1, 0.15) is 11.9 Å². The molecule has 3 aromatic rings. The Morgan fingerprint density at radius 2 is 1.91 bits per heavy atom. The van der Waals surface area contributed by atoms with E-state index in [0.717, 1.165) is 51.2 Å². The number of nitrogens with one attached hydrogen (secondary N) is 1. The average molecular weight is 433 g/mol. The third-order valence-corrected chi connectivity index (χ3v) is 5.89. The fourth-order valence-corrected chi connectivity index (χ4v) is 4.07. The minimum absolute atomic E-state index is 0.0613. The lowest BCUT2D eigenvalue weighted by Gasteiger charge is -2.31.